The lowest BCUT2D eigenvalue weighted by Gasteiger charge is -2.09. The summed E-state index contributed by atoms with van der Waals surface area (Å²) in [6.07, 6.45) is 0. The van der Waals surface area contributed by atoms with E-state index in [1.54, 1.807) is 18.2 Å². The fourth-order valence-corrected chi connectivity index (χ4v) is 2.72. The first-order valence-electron chi connectivity index (χ1n) is 6.09. The van der Waals surface area contributed by atoms with Crippen molar-refractivity contribution in [2.75, 3.05) is 16.8 Å². The first-order chi connectivity index (χ1) is 9.56. The van der Waals surface area contributed by atoms with Crippen molar-refractivity contribution in [3.8, 4) is 0 Å². The molecule has 20 heavy (non-hydrogen) atoms. The van der Waals surface area contributed by atoms with Gasteiger partial charge < -0.3 is 11.1 Å². The molecule has 5 heteroatoms. The first kappa shape index (κ1) is 14.8. The van der Waals surface area contributed by atoms with Crippen molar-refractivity contribution < 1.29 is 4.79 Å². The second-order valence-corrected chi connectivity index (χ2v) is 5.79. The van der Waals surface area contributed by atoms with Gasteiger partial charge in [0.2, 0.25) is 5.91 Å². The van der Waals surface area contributed by atoms with Crippen LogP contribution in [-0.4, -0.2) is 11.7 Å². The number of hydrogen-bond donors (Lipinski definition) is 2. The minimum Gasteiger partial charge on any atom is -0.398 e. The lowest BCUT2D eigenvalue weighted by atomic mass is 10.2. The van der Waals surface area contributed by atoms with E-state index in [0.29, 0.717) is 16.5 Å². The smallest absolute Gasteiger partial charge is 0.234 e. The Morgan fingerprint density at radius 1 is 1.30 bits per heavy atom. The van der Waals surface area contributed by atoms with Crippen LogP contribution < -0.4 is 11.1 Å². The van der Waals surface area contributed by atoms with E-state index in [0.717, 1.165) is 16.1 Å². The largest absolute Gasteiger partial charge is 0.398 e. The summed E-state index contributed by atoms with van der Waals surface area (Å²) in [6.45, 7) is 1.96. The minimum atomic E-state index is -0.0660. The number of amides is 1. The van der Waals surface area contributed by atoms with Crippen LogP contribution >= 0.6 is 23.4 Å². The van der Waals surface area contributed by atoms with Crippen LogP contribution in [-0.2, 0) is 4.79 Å². The molecule has 0 unspecified atom stereocenters. The predicted octanol–water partition coefficient (Wildman–Crippen LogP) is 3.96. The number of hydrogen-bond acceptors (Lipinski definition) is 3. The van der Waals surface area contributed by atoms with Crippen molar-refractivity contribution >= 4 is 40.6 Å². The maximum Gasteiger partial charge on any atom is 0.234 e. The van der Waals surface area contributed by atoms with Crippen LogP contribution in [0.5, 0.6) is 0 Å². The van der Waals surface area contributed by atoms with Gasteiger partial charge in [0.15, 0.2) is 0 Å². The molecular weight excluding hydrogens is 292 g/mol. The average Bonchev–Trinajstić information content (AvgIpc) is 2.42. The van der Waals surface area contributed by atoms with Crippen LogP contribution in [0, 0.1) is 6.92 Å². The van der Waals surface area contributed by atoms with Crippen LogP contribution in [0.4, 0.5) is 11.4 Å². The molecular formula is C15H15ClN2OS. The molecule has 0 bridgehead atoms. The zero-order chi connectivity index (χ0) is 14.5. The molecule has 0 aliphatic carbocycles. The first-order valence-corrected chi connectivity index (χ1v) is 7.46. The van der Waals surface area contributed by atoms with Crippen molar-refractivity contribution in [3.63, 3.8) is 0 Å². The number of thioether (sulfide) groups is 1. The standard InChI is InChI=1S/C15H15ClN2OS/c1-10-4-2-3-5-13(10)18-15(19)9-20-14-8-11(16)6-7-12(14)17/h2-8H,9,17H2,1H3,(H,18,19). The Bertz CT molecular complexity index is 631. The van der Waals surface area contributed by atoms with Crippen LogP contribution in [0.3, 0.4) is 0 Å². The summed E-state index contributed by atoms with van der Waals surface area (Å²) in [4.78, 5) is 12.7. The highest BCUT2D eigenvalue weighted by molar-refractivity contribution is 8.00. The van der Waals surface area contributed by atoms with Crippen molar-refractivity contribution in [1.29, 1.82) is 0 Å². The average molecular weight is 307 g/mol. The third kappa shape index (κ3) is 3.92. The summed E-state index contributed by atoms with van der Waals surface area (Å²) in [5.41, 5.74) is 8.34. The number of rotatable bonds is 4. The molecule has 0 saturated carbocycles. The molecule has 1 amide bonds. The summed E-state index contributed by atoms with van der Waals surface area (Å²) < 4.78 is 0. The molecule has 3 nitrogen and oxygen atoms in total. The second kappa shape index (κ2) is 6.68. The highest BCUT2D eigenvalue weighted by Crippen LogP contribution is 2.28. The maximum absolute atomic E-state index is 11.9. The van der Waals surface area contributed by atoms with Gasteiger partial charge in [-0.15, -0.1) is 11.8 Å². The van der Waals surface area contributed by atoms with Gasteiger partial charge in [-0.25, -0.2) is 0 Å². The van der Waals surface area contributed by atoms with E-state index < -0.39 is 0 Å². The quantitative estimate of drug-likeness (QED) is 0.664. The summed E-state index contributed by atoms with van der Waals surface area (Å²) >= 11 is 7.29. The molecule has 0 atom stereocenters. The molecule has 0 spiro atoms. The molecule has 0 aromatic heterocycles. The Balaban J connectivity index is 1.96. The molecule has 2 aromatic rings. The van der Waals surface area contributed by atoms with Crippen LogP contribution in [0.25, 0.3) is 0 Å². The number of benzene rings is 2. The summed E-state index contributed by atoms with van der Waals surface area (Å²) in [6, 6.07) is 12.9. The summed E-state index contributed by atoms with van der Waals surface area (Å²) in [7, 11) is 0. The monoisotopic (exact) mass is 306 g/mol. The molecule has 0 saturated heterocycles. The molecule has 0 aliphatic rings. The van der Waals surface area contributed by atoms with Gasteiger partial charge in [0, 0.05) is 21.3 Å². The van der Waals surface area contributed by atoms with Gasteiger partial charge in [-0.2, -0.15) is 0 Å². The van der Waals surface area contributed by atoms with Crippen molar-refractivity contribution in [3.05, 3.63) is 53.1 Å². The number of nitrogen functional groups attached to an aromatic ring is 1. The van der Waals surface area contributed by atoms with Crippen LogP contribution in [0.2, 0.25) is 5.02 Å². The molecule has 0 aliphatic heterocycles. The molecule has 0 heterocycles. The predicted molar refractivity (Wildman–Crippen MR) is 86.4 cm³/mol. The fraction of sp³-hybridized carbons (Fsp3) is 0.133. The van der Waals surface area contributed by atoms with Gasteiger partial charge in [0.25, 0.3) is 0 Å². The molecule has 0 fully saturated rings. The molecule has 3 N–H and O–H groups in total. The van der Waals surface area contributed by atoms with E-state index in [4.69, 9.17) is 17.3 Å². The SMILES string of the molecule is Cc1ccccc1NC(=O)CSc1cc(Cl)ccc1N. The van der Waals surface area contributed by atoms with Gasteiger partial charge >= 0.3 is 0 Å². The Hall–Kier alpha value is -1.65. The Kier molecular flexibility index (Phi) is 4.93. The number of para-hydroxylation sites is 1. The van der Waals surface area contributed by atoms with Crippen molar-refractivity contribution in [1.82, 2.24) is 0 Å². The minimum absolute atomic E-state index is 0.0660. The van der Waals surface area contributed by atoms with Crippen LogP contribution in [0.15, 0.2) is 47.4 Å². The number of carbonyl (C=O) groups excluding carboxylic acids is 1. The van der Waals surface area contributed by atoms with E-state index in [-0.39, 0.29) is 5.91 Å². The number of anilines is 2. The van der Waals surface area contributed by atoms with E-state index in [9.17, 15) is 4.79 Å². The molecule has 104 valence electrons. The lowest BCUT2D eigenvalue weighted by Crippen LogP contribution is -2.14. The van der Waals surface area contributed by atoms with Gasteiger partial charge in [0.05, 0.1) is 5.75 Å². The number of nitrogens with one attached hydrogen (secondary N) is 1. The Morgan fingerprint density at radius 2 is 2.05 bits per heavy atom. The molecule has 0 radical (unpaired) electrons. The van der Waals surface area contributed by atoms with E-state index in [2.05, 4.69) is 5.32 Å². The number of halogens is 1. The summed E-state index contributed by atoms with van der Waals surface area (Å²) in [5, 5.41) is 3.49. The highest BCUT2D eigenvalue weighted by Gasteiger charge is 2.07. The van der Waals surface area contributed by atoms with E-state index in [1.807, 2.05) is 31.2 Å². The van der Waals surface area contributed by atoms with E-state index in [1.165, 1.54) is 11.8 Å². The van der Waals surface area contributed by atoms with Crippen LogP contribution in [0.1, 0.15) is 5.56 Å². The third-order valence-electron chi connectivity index (χ3n) is 2.75. The Labute approximate surface area is 127 Å². The van der Waals surface area contributed by atoms with Gasteiger partial charge in [0.1, 0.15) is 0 Å². The maximum atomic E-state index is 11.9. The zero-order valence-corrected chi connectivity index (χ0v) is 12.6. The van der Waals surface area contributed by atoms with Crippen molar-refractivity contribution in [2.24, 2.45) is 0 Å². The Morgan fingerprint density at radius 3 is 2.80 bits per heavy atom. The molecule has 2 rings (SSSR count). The summed E-state index contributed by atoms with van der Waals surface area (Å²) in [5.74, 6) is 0.225. The van der Waals surface area contributed by atoms with Crippen molar-refractivity contribution in [2.45, 2.75) is 11.8 Å². The number of aryl methyl sites for hydroxylation is 1. The number of nitrogens with two attached hydrogens (primary N) is 1. The normalized spacial score (nSPS) is 10.3. The van der Waals surface area contributed by atoms with E-state index >= 15 is 0 Å². The number of carbonyl (C=O) groups is 1. The van der Waals surface area contributed by atoms with Gasteiger partial charge in [-0.1, -0.05) is 29.8 Å². The fourth-order valence-electron chi connectivity index (χ4n) is 1.68. The highest BCUT2D eigenvalue weighted by atomic mass is 35.5. The zero-order valence-electron chi connectivity index (χ0n) is 11.0. The topological polar surface area (TPSA) is 55.1 Å². The second-order valence-electron chi connectivity index (χ2n) is 4.33. The lowest BCUT2D eigenvalue weighted by molar-refractivity contribution is -0.113. The third-order valence-corrected chi connectivity index (χ3v) is 4.06. The van der Waals surface area contributed by atoms with Gasteiger partial charge in [-0.3, -0.25) is 4.79 Å². The molecule has 2 aromatic carbocycles. The van der Waals surface area contributed by atoms with Gasteiger partial charge in [-0.05, 0) is 36.8 Å².